The van der Waals surface area contributed by atoms with Gasteiger partial charge in [0.25, 0.3) is 0 Å². The monoisotopic (exact) mass is 216 g/mol. The van der Waals surface area contributed by atoms with E-state index in [1.54, 1.807) is 0 Å². The molecule has 0 aliphatic carbocycles. The van der Waals surface area contributed by atoms with Crippen molar-refractivity contribution in [2.75, 3.05) is 23.8 Å². The Labute approximate surface area is 95.8 Å². The summed E-state index contributed by atoms with van der Waals surface area (Å²) >= 11 is 0. The van der Waals surface area contributed by atoms with Crippen LogP contribution in [0, 0.1) is 5.92 Å². The highest BCUT2D eigenvalue weighted by Crippen LogP contribution is 2.31. The van der Waals surface area contributed by atoms with E-state index >= 15 is 0 Å². The molecule has 1 aliphatic heterocycles. The molecule has 16 heavy (non-hydrogen) atoms. The fourth-order valence-corrected chi connectivity index (χ4v) is 2.05. The third-order valence-corrected chi connectivity index (χ3v) is 2.95. The Kier molecular flexibility index (Phi) is 2.95. The van der Waals surface area contributed by atoms with Crippen molar-refractivity contribution in [3.63, 3.8) is 0 Å². The number of carbonyl (C=O) groups excluding carboxylic acids is 1. The lowest BCUT2D eigenvalue weighted by atomic mass is 10.1. The average Bonchev–Trinajstić information content (AvgIpc) is 2.70. The van der Waals surface area contributed by atoms with Gasteiger partial charge in [0.05, 0.1) is 11.4 Å². The maximum absolute atomic E-state index is 11.9. The molecule has 1 saturated heterocycles. The van der Waals surface area contributed by atoms with Gasteiger partial charge in [-0.3, -0.25) is 4.79 Å². The van der Waals surface area contributed by atoms with Gasteiger partial charge in [0.15, 0.2) is 0 Å². The number of amides is 1. The molecular formula is C13H16N2O. The fraction of sp³-hybridized carbons (Fsp3) is 0.308. The summed E-state index contributed by atoms with van der Waals surface area (Å²) in [6.07, 6.45) is 2.43. The van der Waals surface area contributed by atoms with E-state index in [4.69, 9.17) is 0 Å². The third kappa shape index (κ3) is 1.81. The lowest BCUT2D eigenvalue weighted by molar-refractivity contribution is -0.117. The Morgan fingerprint density at radius 1 is 1.50 bits per heavy atom. The lowest BCUT2D eigenvalue weighted by Gasteiger charge is -2.19. The highest BCUT2D eigenvalue weighted by molar-refractivity contribution is 5.98. The zero-order valence-electron chi connectivity index (χ0n) is 9.44. The molecule has 1 atom stereocenters. The molecule has 1 N–H and O–H groups in total. The Balaban J connectivity index is 2.30. The summed E-state index contributed by atoms with van der Waals surface area (Å²) in [5, 5.41) is 3.11. The first-order valence-corrected chi connectivity index (χ1v) is 5.46. The van der Waals surface area contributed by atoms with Gasteiger partial charge in [-0.15, -0.1) is 6.58 Å². The van der Waals surface area contributed by atoms with Crippen LogP contribution in [0.25, 0.3) is 0 Å². The highest BCUT2D eigenvalue weighted by Gasteiger charge is 2.29. The highest BCUT2D eigenvalue weighted by atomic mass is 16.2. The fourth-order valence-electron chi connectivity index (χ4n) is 2.05. The predicted octanol–water partition coefficient (Wildman–Crippen LogP) is 2.27. The van der Waals surface area contributed by atoms with Gasteiger partial charge >= 0.3 is 0 Å². The van der Waals surface area contributed by atoms with Crippen LogP contribution in [0.2, 0.25) is 0 Å². The molecule has 0 bridgehead atoms. The van der Waals surface area contributed by atoms with Crippen molar-refractivity contribution in [3.8, 4) is 0 Å². The van der Waals surface area contributed by atoms with Crippen LogP contribution in [0.4, 0.5) is 11.4 Å². The molecule has 3 nitrogen and oxygen atoms in total. The molecule has 2 rings (SSSR count). The van der Waals surface area contributed by atoms with Crippen molar-refractivity contribution in [1.29, 1.82) is 0 Å². The third-order valence-electron chi connectivity index (χ3n) is 2.95. The summed E-state index contributed by atoms with van der Waals surface area (Å²) in [5.74, 6) is 0.449. The van der Waals surface area contributed by atoms with E-state index in [0.29, 0.717) is 6.42 Å². The molecular weight excluding hydrogens is 200 g/mol. The molecule has 1 aliphatic rings. The summed E-state index contributed by atoms with van der Waals surface area (Å²) in [6, 6.07) is 7.85. The smallest absolute Gasteiger partial charge is 0.227 e. The van der Waals surface area contributed by atoms with Gasteiger partial charge in [-0.2, -0.15) is 0 Å². The van der Waals surface area contributed by atoms with E-state index < -0.39 is 0 Å². The standard InChI is InChI=1S/C13H16N2O/c1-3-10-8-13(16)15(9-10)12-7-5-4-6-11(12)14-2/h3-7,10,14H,1,8-9H2,2H3. The minimum atomic E-state index is 0.174. The van der Waals surface area contributed by atoms with Crippen molar-refractivity contribution < 1.29 is 4.79 Å². The largest absolute Gasteiger partial charge is 0.386 e. The molecule has 0 aromatic heterocycles. The number of carbonyl (C=O) groups is 1. The molecule has 1 aromatic carbocycles. The van der Waals surface area contributed by atoms with Crippen LogP contribution in [0.15, 0.2) is 36.9 Å². The number of anilines is 2. The van der Waals surface area contributed by atoms with Gasteiger partial charge in [-0.1, -0.05) is 18.2 Å². The molecule has 1 heterocycles. The van der Waals surface area contributed by atoms with E-state index in [2.05, 4.69) is 11.9 Å². The van der Waals surface area contributed by atoms with E-state index in [0.717, 1.165) is 17.9 Å². The van der Waals surface area contributed by atoms with E-state index in [-0.39, 0.29) is 11.8 Å². The first kappa shape index (κ1) is 10.7. The minimum Gasteiger partial charge on any atom is -0.386 e. The molecule has 1 amide bonds. The Hall–Kier alpha value is -1.77. The molecule has 0 saturated carbocycles. The van der Waals surface area contributed by atoms with E-state index in [9.17, 15) is 4.79 Å². The normalized spacial score (nSPS) is 19.9. The first-order chi connectivity index (χ1) is 7.76. The summed E-state index contributed by atoms with van der Waals surface area (Å²) in [5.41, 5.74) is 1.94. The Morgan fingerprint density at radius 3 is 2.88 bits per heavy atom. The van der Waals surface area contributed by atoms with Crippen molar-refractivity contribution in [3.05, 3.63) is 36.9 Å². The summed E-state index contributed by atoms with van der Waals surface area (Å²) < 4.78 is 0. The van der Waals surface area contributed by atoms with Gasteiger partial charge in [0, 0.05) is 25.9 Å². The number of hydrogen-bond acceptors (Lipinski definition) is 2. The van der Waals surface area contributed by atoms with Crippen LogP contribution in [0.5, 0.6) is 0 Å². The van der Waals surface area contributed by atoms with Gasteiger partial charge in [-0.25, -0.2) is 0 Å². The van der Waals surface area contributed by atoms with Gasteiger partial charge in [0.1, 0.15) is 0 Å². The molecule has 1 fully saturated rings. The molecule has 1 unspecified atom stereocenters. The van der Waals surface area contributed by atoms with Crippen molar-refractivity contribution in [2.24, 2.45) is 5.92 Å². The molecule has 0 spiro atoms. The van der Waals surface area contributed by atoms with E-state index in [1.165, 1.54) is 0 Å². The second kappa shape index (κ2) is 4.39. The van der Waals surface area contributed by atoms with Crippen LogP contribution in [0.1, 0.15) is 6.42 Å². The van der Waals surface area contributed by atoms with Gasteiger partial charge in [-0.05, 0) is 12.1 Å². The number of hydrogen-bond donors (Lipinski definition) is 1. The Morgan fingerprint density at radius 2 is 2.25 bits per heavy atom. The second-order valence-corrected chi connectivity index (χ2v) is 3.97. The van der Waals surface area contributed by atoms with Gasteiger partial charge in [0.2, 0.25) is 5.91 Å². The molecule has 3 heteroatoms. The topological polar surface area (TPSA) is 32.3 Å². The van der Waals surface area contributed by atoms with Crippen LogP contribution in [-0.2, 0) is 4.79 Å². The number of para-hydroxylation sites is 2. The second-order valence-electron chi connectivity index (χ2n) is 3.97. The zero-order chi connectivity index (χ0) is 11.5. The number of nitrogens with one attached hydrogen (secondary N) is 1. The van der Waals surface area contributed by atoms with E-state index in [1.807, 2.05) is 42.3 Å². The lowest BCUT2D eigenvalue weighted by Crippen LogP contribution is -2.25. The Bertz CT molecular complexity index is 414. The zero-order valence-corrected chi connectivity index (χ0v) is 9.44. The van der Waals surface area contributed by atoms with Crippen LogP contribution < -0.4 is 10.2 Å². The number of rotatable bonds is 3. The van der Waals surface area contributed by atoms with Crippen molar-refractivity contribution in [1.82, 2.24) is 0 Å². The summed E-state index contributed by atoms with van der Waals surface area (Å²) in [6.45, 7) is 4.49. The quantitative estimate of drug-likeness (QED) is 0.786. The van der Waals surface area contributed by atoms with Crippen LogP contribution in [-0.4, -0.2) is 19.5 Å². The van der Waals surface area contributed by atoms with Crippen LogP contribution in [0.3, 0.4) is 0 Å². The summed E-state index contributed by atoms with van der Waals surface area (Å²) in [7, 11) is 1.87. The molecule has 0 radical (unpaired) electrons. The SMILES string of the molecule is C=CC1CC(=O)N(c2ccccc2NC)C1. The van der Waals surface area contributed by atoms with Crippen molar-refractivity contribution in [2.45, 2.75) is 6.42 Å². The molecule has 84 valence electrons. The first-order valence-electron chi connectivity index (χ1n) is 5.46. The maximum atomic E-state index is 11.9. The molecule has 1 aromatic rings. The number of benzene rings is 1. The van der Waals surface area contributed by atoms with Crippen LogP contribution >= 0.6 is 0 Å². The summed E-state index contributed by atoms with van der Waals surface area (Å²) in [4.78, 5) is 13.7. The van der Waals surface area contributed by atoms with Gasteiger partial charge < -0.3 is 10.2 Å². The van der Waals surface area contributed by atoms with Crippen molar-refractivity contribution >= 4 is 17.3 Å². The number of nitrogens with zero attached hydrogens (tertiary/aromatic N) is 1. The average molecular weight is 216 g/mol. The predicted molar refractivity (Wildman–Crippen MR) is 66.6 cm³/mol. The minimum absolute atomic E-state index is 0.174. The maximum Gasteiger partial charge on any atom is 0.227 e.